The average molecular weight is 316 g/mol. The smallest absolute Gasteiger partial charge is 0.307 e. The van der Waals surface area contributed by atoms with Crippen molar-refractivity contribution in [2.24, 2.45) is 5.92 Å². The lowest BCUT2D eigenvalue weighted by Gasteiger charge is -2.15. The number of benzene rings is 1. The zero-order valence-electron chi connectivity index (χ0n) is 13.0. The number of ether oxygens (including phenoxy) is 1. The van der Waals surface area contributed by atoms with E-state index >= 15 is 0 Å². The fraction of sp³-hybridized carbons (Fsp3) is 0.353. The van der Waals surface area contributed by atoms with Crippen LogP contribution in [-0.2, 0) is 14.3 Å². The van der Waals surface area contributed by atoms with Crippen molar-refractivity contribution in [1.29, 1.82) is 0 Å². The molecule has 0 fully saturated rings. The third-order valence-corrected chi connectivity index (χ3v) is 3.55. The summed E-state index contributed by atoms with van der Waals surface area (Å²) in [7, 11) is 0. The Balaban J connectivity index is 1.73. The van der Waals surface area contributed by atoms with Gasteiger partial charge in [-0.1, -0.05) is 30.4 Å². The number of carbonyl (C=O) groups excluding carboxylic acids is 3. The van der Waals surface area contributed by atoms with Crippen LogP contribution >= 0.6 is 0 Å². The molecule has 2 atom stereocenters. The first kappa shape index (κ1) is 16.7. The third kappa shape index (κ3) is 5.25. The van der Waals surface area contributed by atoms with Gasteiger partial charge in [-0.15, -0.1) is 0 Å². The first-order chi connectivity index (χ1) is 11.1. The highest BCUT2D eigenvalue weighted by atomic mass is 16.5. The highest BCUT2D eigenvalue weighted by Crippen LogP contribution is 2.20. The number of hydrogen-bond donors (Lipinski definition) is 2. The van der Waals surface area contributed by atoms with Gasteiger partial charge in [-0.2, -0.15) is 0 Å². The summed E-state index contributed by atoms with van der Waals surface area (Å²) in [6, 6.07) is 8.48. The minimum Gasteiger partial charge on any atom is -0.452 e. The van der Waals surface area contributed by atoms with E-state index < -0.39 is 23.9 Å². The summed E-state index contributed by atoms with van der Waals surface area (Å²) in [5, 5.41) is 0. The van der Waals surface area contributed by atoms with E-state index in [1.165, 1.54) is 6.92 Å². The molecule has 0 aliphatic heterocycles. The Bertz CT molecular complexity index is 598. The molecule has 0 aromatic heterocycles. The molecule has 0 spiro atoms. The maximum Gasteiger partial charge on any atom is 0.307 e. The van der Waals surface area contributed by atoms with E-state index in [9.17, 15) is 14.4 Å². The van der Waals surface area contributed by atoms with Gasteiger partial charge in [0, 0.05) is 5.56 Å². The topological polar surface area (TPSA) is 84.5 Å². The molecule has 2 N–H and O–H groups in total. The SMILES string of the molecule is C[C@@H](OC(=O)C[C@H]1C=CCC1)C(=O)NNC(=O)c1ccccc1. The van der Waals surface area contributed by atoms with Gasteiger partial charge in [-0.05, 0) is 37.8 Å². The standard InChI is InChI=1S/C17H20N2O4/c1-12(23-15(20)11-13-7-5-6-8-13)16(21)18-19-17(22)14-9-3-2-4-10-14/h2-5,7,9-10,12-13H,6,8,11H2,1H3,(H,18,21)(H,19,22)/t12-,13+/m1/s1. The molecule has 0 radical (unpaired) electrons. The largest absolute Gasteiger partial charge is 0.452 e. The quantitative estimate of drug-likeness (QED) is 0.492. The Kier molecular flexibility index (Phi) is 5.91. The molecule has 6 nitrogen and oxygen atoms in total. The van der Waals surface area contributed by atoms with Gasteiger partial charge in [0.05, 0.1) is 6.42 Å². The predicted octanol–water partition coefficient (Wildman–Crippen LogP) is 1.74. The molecule has 23 heavy (non-hydrogen) atoms. The van der Waals surface area contributed by atoms with Crippen LogP contribution < -0.4 is 10.9 Å². The van der Waals surface area contributed by atoms with Gasteiger partial charge in [-0.3, -0.25) is 25.2 Å². The number of allylic oxidation sites excluding steroid dienone is 2. The van der Waals surface area contributed by atoms with E-state index in [-0.39, 0.29) is 12.3 Å². The second-order valence-corrected chi connectivity index (χ2v) is 5.41. The van der Waals surface area contributed by atoms with Crippen LogP contribution in [0.5, 0.6) is 0 Å². The summed E-state index contributed by atoms with van der Waals surface area (Å²) in [6.07, 6.45) is 5.23. The van der Waals surface area contributed by atoms with Gasteiger partial charge < -0.3 is 4.74 Å². The number of carbonyl (C=O) groups is 3. The highest BCUT2D eigenvalue weighted by molar-refractivity contribution is 5.95. The second-order valence-electron chi connectivity index (χ2n) is 5.41. The lowest BCUT2D eigenvalue weighted by atomic mass is 10.1. The molecule has 2 amide bonds. The monoisotopic (exact) mass is 316 g/mol. The molecule has 0 saturated heterocycles. The average Bonchev–Trinajstić information content (AvgIpc) is 3.05. The van der Waals surface area contributed by atoms with E-state index in [1.807, 2.05) is 12.2 Å². The molecule has 1 aromatic rings. The molecule has 1 aliphatic carbocycles. The first-order valence-electron chi connectivity index (χ1n) is 7.57. The van der Waals surface area contributed by atoms with E-state index in [0.29, 0.717) is 5.56 Å². The Hall–Kier alpha value is -2.63. The minimum atomic E-state index is -0.969. The van der Waals surface area contributed by atoms with Crippen molar-refractivity contribution in [3.05, 3.63) is 48.0 Å². The molecule has 1 aliphatic rings. The number of amides is 2. The zero-order chi connectivity index (χ0) is 16.7. The maximum atomic E-state index is 11.8. The van der Waals surface area contributed by atoms with Gasteiger partial charge in [0.25, 0.3) is 11.8 Å². The van der Waals surface area contributed by atoms with E-state index in [2.05, 4.69) is 10.9 Å². The highest BCUT2D eigenvalue weighted by Gasteiger charge is 2.21. The summed E-state index contributed by atoms with van der Waals surface area (Å²) in [5.74, 6) is -1.24. The Morgan fingerprint density at radius 3 is 2.61 bits per heavy atom. The van der Waals surface area contributed by atoms with Crippen LogP contribution in [0.15, 0.2) is 42.5 Å². The number of hydrazine groups is 1. The van der Waals surface area contributed by atoms with Crippen LogP contribution in [0.4, 0.5) is 0 Å². The Morgan fingerprint density at radius 2 is 1.96 bits per heavy atom. The lowest BCUT2D eigenvalue weighted by Crippen LogP contribution is -2.46. The molecule has 0 heterocycles. The molecule has 1 aromatic carbocycles. The Morgan fingerprint density at radius 1 is 1.22 bits per heavy atom. The van der Waals surface area contributed by atoms with Crippen LogP contribution in [0.25, 0.3) is 0 Å². The molecule has 0 unspecified atom stereocenters. The predicted molar refractivity (Wildman–Crippen MR) is 84.1 cm³/mol. The molecule has 6 heteroatoms. The van der Waals surface area contributed by atoms with E-state index in [4.69, 9.17) is 4.74 Å². The van der Waals surface area contributed by atoms with Crippen LogP contribution in [0.2, 0.25) is 0 Å². The third-order valence-electron chi connectivity index (χ3n) is 3.55. The van der Waals surface area contributed by atoms with Crippen molar-refractivity contribution in [2.45, 2.75) is 32.3 Å². The zero-order valence-corrected chi connectivity index (χ0v) is 13.0. The molecule has 0 bridgehead atoms. The molecular formula is C17H20N2O4. The van der Waals surface area contributed by atoms with Crippen molar-refractivity contribution in [3.63, 3.8) is 0 Å². The normalized spacial score (nSPS) is 17.3. The minimum absolute atomic E-state index is 0.190. The maximum absolute atomic E-state index is 11.8. The number of rotatable bonds is 5. The van der Waals surface area contributed by atoms with Crippen molar-refractivity contribution in [1.82, 2.24) is 10.9 Å². The summed E-state index contributed by atoms with van der Waals surface area (Å²) in [4.78, 5) is 35.4. The van der Waals surface area contributed by atoms with Crippen molar-refractivity contribution in [2.75, 3.05) is 0 Å². The number of hydrogen-bond acceptors (Lipinski definition) is 4. The van der Waals surface area contributed by atoms with Crippen LogP contribution in [0.1, 0.15) is 36.5 Å². The van der Waals surface area contributed by atoms with Gasteiger partial charge in [0.15, 0.2) is 6.10 Å². The Labute approximate surface area is 134 Å². The summed E-state index contributed by atoms with van der Waals surface area (Å²) >= 11 is 0. The van der Waals surface area contributed by atoms with Gasteiger partial charge >= 0.3 is 5.97 Å². The molecule has 0 saturated carbocycles. The molecule has 2 rings (SSSR count). The van der Waals surface area contributed by atoms with Gasteiger partial charge in [-0.25, -0.2) is 0 Å². The lowest BCUT2D eigenvalue weighted by molar-refractivity contribution is -0.155. The van der Waals surface area contributed by atoms with Crippen LogP contribution in [0.3, 0.4) is 0 Å². The van der Waals surface area contributed by atoms with E-state index in [0.717, 1.165) is 12.8 Å². The van der Waals surface area contributed by atoms with Crippen LogP contribution in [-0.4, -0.2) is 23.9 Å². The fourth-order valence-electron chi connectivity index (χ4n) is 2.26. The first-order valence-corrected chi connectivity index (χ1v) is 7.57. The van der Waals surface area contributed by atoms with Gasteiger partial charge in [0.1, 0.15) is 0 Å². The van der Waals surface area contributed by atoms with Gasteiger partial charge in [0.2, 0.25) is 0 Å². The number of nitrogens with one attached hydrogen (secondary N) is 2. The fourth-order valence-corrected chi connectivity index (χ4v) is 2.26. The summed E-state index contributed by atoms with van der Waals surface area (Å²) < 4.78 is 5.08. The molecule has 122 valence electrons. The van der Waals surface area contributed by atoms with Crippen molar-refractivity contribution in [3.8, 4) is 0 Å². The van der Waals surface area contributed by atoms with Crippen molar-refractivity contribution < 1.29 is 19.1 Å². The summed E-state index contributed by atoms with van der Waals surface area (Å²) in [6.45, 7) is 1.46. The number of esters is 1. The second kappa shape index (κ2) is 8.12. The molecular weight excluding hydrogens is 296 g/mol. The summed E-state index contributed by atoms with van der Waals surface area (Å²) in [5.41, 5.74) is 4.96. The van der Waals surface area contributed by atoms with E-state index in [1.54, 1.807) is 30.3 Å². The van der Waals surface area contributed by atoms with Crippen molar-refractivity contribution >= 4 is 17.8 Å². The van der Waals surface area contributed by atoms with Crippen LogP contribution in [0, 0.1) is 5.92 Å².